The summed E-state index contributed by atoms with van der Waals surface area (Å²) in [5, 5.41) is 8.26. The van der Waals surface area contributed by atoms with E-state index in [4.69, 9.17) is 4.98 Å². The van der Waals surface area contributed by atoms with Crippen LogP contribution in [0.1, 0.15) is 57.6 Å². The van der Waals surface area contributed by atoms with Crippen LogP contribution in [0, 0.1) is 0 Å². The molecular formula is C13H22N4. The van der Waals surface area contributed by atoms with Crippen molar-refractivity contribution in [3.63, 3.8) is 0 Å². The SMILES string of the molecule is Cn1nc(C(C)(C)C)nc1C1CC2CCC1N2. The zero-order chi connectivity index (χ0) is 12.2. The Bertz CT molecular complexity index is 429. The van der Waals surface area contributed by atoms with Crippen molar-refractivity contribution in [1.29, 1.82) is 0 Å². The van der Waals surface area contributed by atoms with Crippen LogP contribution in [-0.2, 0) is 12.5 Å². The second-order valence-electron chi connectivity index (χ2n) is 6.56. The van der Waals surface area contributed by atoms with E-state index in [0.29, 0.717) is 12.0 Å². The van der Waals surface area contributed by atoms with Gasteiger partial charge in [-0.05, 0) is 19.3 Å². The quantitative estimate of drug-likeness (QED) is 0.804. The van der Waals surface area contributed by atoms with E-state index in [0.717, 1.165) is 11.9 Å². The Morgan fingerprint density at radius 1 is 1.29 bits per heavy atom. The molecule has 3 atom stereocenters. The second kappa shape index (κ2) is 3.55. The third-order valence-corrected chi connectivity index (χ3v) is 4.10. The molecule has 0 saturated carbocycles. The lowest BCUT2D eigenvalue weighted by molar-refractivity contribution is 0.469. The molecule has 0 radical (unpaired) electrons. The van der Waals surface area contributed by atoms with Crippen molar-refractivity contribution >= 4 is 0 Å². The van der Waals surface area contributed by atoms with Crippen molar-refractivity contribution in [2.45, 2.75) is 63.5 Å². The summed E-state index contributed by atoms with van der Waals surface area (Å²) in [6.07, 6.45) is 3.87. The van der Waals surface area contributed by atoms with Crippen LogP contribution in [0.3, 0.4) is 0 Å². The lowest BCUT2D eigenvalue weighted by Gasteiger charge is -2.18. The molecule has 4 nitrogen and oxygen atoms in total. The summed E-state index contributed by atoms with van der Waals surface area (Å²) < 4.78 is 1.99. The van der Waals surface area contributed by atoms with E-state index in [2.05, 4.69) is 31.2 Å². The van der Waals surface area contributed by atoms with E-state index in [1.807, 2.05) is 11.7 Å². The smallest absolute Gasteiger partial charge is 0.156 e. The number of rotatable bonds is 1. The number of fused-ring (bicyclic) bond motifs is 2. The number of hydrogen-bond donors (Lipinski definition) is 1. The Morgan fingerprint density at radius 3 is 2.53 bits per heavy atom. The van der Waals surface area contributed by atoms with E-state index in [9.17, 15) is 0 Å². The van der Waals surface area contributed by atoms with Gasteiger partial charge in [-0.1, -0.05) is 20.8 Å². The van der Waals surface area contributed by atoms with Crippen molar-refractivity contribution in [1.82, 2.24) is 20.1 Å². The first-order chi connectivity index (χ1) is 7.95. The molecule has 1 N–H and O–H groups in total. The largest absolute Gasteiger partial charge is 0.310 e. The van der Waals surface area contributed by atoms with Gasteiger partial charge in [-0.2, -0.15) is 5.10 Å². The zero-order valence-corrected chi connectivity index (χ0v) is 11.2. The van der Waals surface area contributed by atoms with E-state index >= 15 is 0 Å². The molecule has 2 aliphatic rings. The summed E-state index contributed by atoms with van der Waals surface area (Å²) in [4.78, 5) is 4.79. The predicted octanol–water partition coefficient (Wildman–Crippen LogP) is 1.72. The van der Waals surface area contributed by atoms with Crippen LogP contribution in [-0.4, -0.2) is 26.8 Å². The molecular weight excluding hydrogens is 212 g/mol. The molecule has 4 heteroatoms. The van der Waals surface area contributed by atoms with Gasteiger partial charge < -0.3 is 5.32 Å². The minimum absolute atomic E-state index is 0.0427. The molecule has 0 aliphatic carbocycles. The van der Waals surface area contributed by atoms with Crippen molar-refractivity contribution < 1.29 is 0 Å². The molecule has 3 unspecified atom stereocenters. The highest BCUT2D eigenvalue weighted by Crippen LogP contribution is 2.39. The van der Waals surface area contributed by atoms with E-state index < -0.39 is 0 Å². The second-order valence-corrected chi connectivity index (χ2v) is 6.56. The maximum atomic E-state index is 4.79. The minimum Gasteiger partial charge on any atom is -0.310 e. The zero-order valence-electron chi connectivity index (χ0n) is 11.2. The molecule has 2 aliphatic heterocycles. The Morgan fingerprint density at radius 2 is 2.06 bits per heavy atom. The van der Waals surface area contributed by atoms with Crippen LogP contribution in [0.15, 0.2) is 0 Å². The lowest BCUT2D eigenvalue weighted by Crippen LogP contribution is -2.23. The molecule has 3 rings (SSSR count). The van der Waals surface area contributed by atoms with Gasteiger partial charge in [-0.25, -0.2) is 4.98 Å². The molecule has 2 bridgehead atoms. The van der Waals surface area contributed by atoms with Gasteiger partial charge >= 0.3 is 0 Å². The molecule has 1 aromatic rings. The van der Waals surface area contributed by atoms with Gasteiger partial charge in [0.15, 0.2) is 5.82 Å². The Balaban J connectivity index is 1.91. The average Bonchev–Trinajstić information content (AvgIpc) is 2.88. The molecule has 94 valence electrons. The fourth-order valence-electron chi connectivity index (χ4n) is 3.15. The number of aromatic nitrogens is 3. The lowest BCUT2D eigenvalue weighted by atomic mass is 9.88. The van der Waals surface area contributed by atoms with Gasteiger partial charge in [0.2, 0.25) is 0 Å². The van der Waals surface area contributed by atoms with Gasteiger partial charge in [0.25, 0.3) is 0 Å². The first-order valence-corrected chi connectivity index (χ1v) is 6.62. The molecule has 0 spiro atoms. The van der Waals surface area contributed by atoms with Crippen molar-refractivity contribution in [3.05, 3.63) is 11.6 Å². The number of nitrogens with one attached hydrogen (secondary N) is 1. The summed E-state index contributed by atoms with van der Waals surface area (Å²) in [5.74, 6) is 2.72. The first-order valence-electron chi connectivity index (χ1n) is 6.62. The summed E-state index contributed by atoms with van der Waals surface area (Å²) in [6, 6.07) is 1.36. The fourth-order valence-corrected chi connectivity index (χ4v) is 3.15. The molecule has 2 fully saturated rings. The van der Waals surface area contributed by atoms with Crippen molar-refractivity contribution in [3.8, 4) is 0 Å². The van der Waals surface area contributed by atoms with Gasteiger partial charge in [0.1, 0.15) is 5.82 Å². The molecule has 2 saturated heterocycles. The highest BCUT2D eigenvalue weighted by Gasteiger charge is 2.42. The number of nitrogens with zero attached hydrogens (tertiary/aromatic N) is 3. The molecule has 0 amide bonds. The highest BCUT2D eigenvalue weighted by atomic mass is 15.3. The van der Waals surface area contributed by atoms with Crippen LogP contribution in [0.25, 0.3) is 0 Å². The molecule has 3 heterocycles. The van der Waals surface area contributed by atoms with Crippen LogP contribution >= 0.6 is 0 Å². The number of hydrogen-bond acceptors (Lipinski definition) is 3. The van der Waals surface area contributed by atoms with Crippen molar-refractivity contribution in [2.24, 2.45) is 7.05 Å². The van der Waals surface area contributed by atoms with Crippen LogP contribution in [0.2, 0.25) is 0 Å². The third kappa shape index (κ3) is 1.79. The van der Waals surface area contributed by atoms with Crippen LogP contribution < -0.4 is 5.32 Å². The first kappa shape index (κ1) is 11.2. The average molecular weight is 234 g/mol. The van der Waals surface area contributed by atoms with Gasteiger partial charge in [-0.3, -0.25) is 4.68 Å². The van der Waals surface area contributed by atoms with Crippen LogP contribution in [0.5, 0.6) is 0 Å². The summed E-state index contributed by atoms with van der Waals surface area (Å²) in [7, 11) is 2.03. The molecule has 17 heavy (non-hydrogen) atoms. The Kier molecular flexibility index (Phi) is 2.34. The third-order valence-electron chi connectivity index (χ3n) is 4.10. The summed E-state index contributed by atoms with van der Waals surface area (Å²) in [5.41, 5.74) is 0.0427. The van der Waals surface area contributed by atoms with E-state index in [-0.39, 0.29) is 5.41 Å². The molecule has 1 aromatic heterocycles. The maximum absolute atomic E-state index is 4.79. The topological polar surface area (TPSA) is 42.7 Å². The summed E-state index contributed by atoms with van der Waals surface area (Å²) in [6.45, 7) is 6.52. The Labute approximate surface area is 103 Å². The highest BCUT2D eigenvalue weighted by molar-refractivity contribution is 5.14. The molecule has 0 aromatic carbocycles. The van der Waals surface area contributed by atoms with Crippen LogP contribution in [0.4, 0.5) is 0 Å². The maximum Gasteiger partial charge on any atom is 0.156 e. The minimum atomic E-state index is 0.0427. The predicted molar refractivity (Wildman–Crippen MR) is 67.0 cm³/mol. The van der Waals surface area contributed by atoms with E-state index in [1.54, 1.807) is 0 Å². The van der Waals surface area contributed by atoms with Crippen molar-refractivity contribution in [2.75, 3.05) is 0 Å². The normalized spacial score (nSPS) is 32.4. The van der Waals surface area contributed by atoms with Gasteiger partial charge in [0.05, 0.1) is 0 Å². The monoisotopic (exact) mass is 234 g/mol. The Hall–Kier alpha value is -0.900. The number of aryl methyl sites for hydroxylation is 1. The standard InChI is InChI=1S/C13H22N4/c1-13(2,3)12-15-11(17(4)16-12)9-7-8-5-6-10(9)14-8/h8-10,14H,5-7H2,1-4H3. The van der Waals surface area contributed by atoms with E-state index in [1.165, 1.54) is 25.1 Å². The summed E-state index contributed by atoms with van der Waals surface area (Å²) >= 11 is 0. The van der Waals surface area contributed by atoms with Gasteiger partial charge in [-0.15, -0.1) is 0 Å². The van der Waals surface area contributed by atoms with Gasteiger partial charge in [0, 0.05) is 30.5 Å². The fraction of sp³-hybridized carbons (Fsp3) is 0.846.